The molecule has 1 aromatic rings. The van der Waals surface area contributed by atoms with E-state index in [0.717, 1.165) is 25.2 Å². The van der Waals surface area contributed by atoms with Gasteiger partial charge in [0, 0.05) is 19.2 Å². The van der Waals surface area contributed by atoms with Crippen LogP contribution >= 0.6 is 0 Å². The average molecular weight is 251 g/mol. The molecule has 0 unspecified atom stereocenters. The zero-order valence-corrected chi connectivity index (χ0v) is 11.3. The fourth-order valence-corrected chi connectivity index (χ4v) is 1.91. The number of nitrogens with one attached hydrogen (secondary N) is 1. The second kappa shape index (κ2) is 6.96. The van der Waals surface area contributed by atoms with E-state index in [9.17, 15) is 10.1 Å². The number of hydrogen-bond donors (Lipinski definition) is 1. The van der Waals surface area contributed by atoms with E-state index < -0.39 is 0 Å². The Bertz CT molecular complexity index is 403. The SMILES string of the molecule is CCN(CC)CCNc1c(C)cccc1[N+](=O)[O-]. The van der Waals surface area contributed by atoms with Gasteiger partial charge in [0.05, 0.1) is 4.92 Å². The van der Waals surface area contributed by atoms with Gasteiger partial charge in [-0.25, -0.2) is 0 Å². The monoisotopic (exact) mass is 251 g/mol. The first-order chi connectivity index (χ1) is 8.60. The Morgan fingerprint density at radius 1 is 1.33 bits per heavy atom. The van der Waals surface area contributed by atoms with Crippen LogP contribution in [0.3, 0.4) is 0 Å². The van der Waals surface area contributed by atoms with Gasteiger partial charge in [0.25, 0.3) is 5.69 Å². The molecule has 18 heavy (non-hydrogen) atoms. The van der Waals surface area contributed by atoms with E-state index in [-0.39, 0.29) is 10.6 Å². The molecule has 1 aromatic carbocycles. The van der Waals surface area contributed by atoms with Crippen molar-refractivity contribution < 1.29 is 4.92 Å². The van der Waals surface area contributed by atoms with Crippen molar-refractivity contribution in [1.82, 2.24) is 4.90 Å². The second-order valence-corrected chi connectivity index (χ2v) is 4.18. The van der Waals surface area contributed by atoms with Gasteiger partial charge < -0.3 is 10.2 Å². The maximum absolute atomic E-state index is 10.9. The molecule has 0 fully saturated rings. The molecule has 0 amide bonds. The summed E-state index contributed by atoms with van der Waals surface area (Å²) in [5.41, 5.74) is 1.69. The van der Waals surface area contributed by atoms with Gasteiger partial charge in [0.15, 0.2) is 0 Å². The van der Waals surface area contributed by atoms with Gasteiger partial charge in [-0.1, -0.05) is 26.0 Å². The van der Waals surface area contributed by atoms with Crippen molar-refractivity contribution in [3.05, 3.63) is 33.9 Å². The lowest BCUT2D eigenvalue weighted by Crippen LogP contribution is -2.28. The van der Waals surface area contributed by atoms with Crippen LogP contribution < -0.4 is 5.32 Å². The molecule has 0 aliphatic rings. The van der Waals surface area contributed by atoms with Crippen molar-refractivity contribution in [3.8, 4) is 0 Å². The standard InChI is InChI=1S/C13H21N3O2/c1-4-15(5-2)10-9-14-13-11(3)7-6-8-12(13)16(17)18/h6-8,14H,4-5,9-10H2,1-3H3. The number of benzene rings is 1. The number of hydrogen-bond acceptors (Lipinski definition) is 4. The molecule has 5 heteroatoms. The summed E-state index contributed by atoms with van der Waals surface area (Å²) < 4.78 is 0. The van der Waals surface area contributed by atoms with E-state index in [0.29, 0.717) is 12.2 Å². The quantitative estimate of drug-likeness (QED) is 0.598. The fraction of sp³-hybridized carbons (Fsp3) is 0.538. The van der Waals surface area contributed by atoms with E-state index in [1.807, 2.05) is 13.0 Å². The highest BCUT2D eigenvalue weighted by Gasteiger charge is 2.14. The minimum absolute atomic E-state index is 0.148. The minimum atomic E-state index is -0.341. The first kappa shape index (κ1) is 14.4. The van der Waals surface area contributed by atoms with Gasteiger partial charge in [-0.05, 0) is 25.6 Å². The van der Waals surface area contributed by atoms with Gasteiger partial charge in [0.2, 0.25) is 0 Å². The van der Waals surface area contributed by atoms with E-state index in [2.05, 4.69) is 24.1 Å². The number of likely N-dealkylation sites (N-methyl/N-ethyl adjacent to an activating group) is 1. The molecule has 0 spiro atoms. The maximum Gasteiger partial charge on any atom is 0.292 e. The number of nitro groups is 1. The van der Waals surface area contributed by atoms with Crippen molar-refractivity contribution in [2.75, 3.05) is 31.5 Å². The highest BCUT2D eigenvalue weighted by Crippen LogP contribution is 2.27. The minimum Gasteiger partial charge on any atom is -0.378 e. The number of rotatable bonds is 7. The Labute approximate surface area is 108 Å². The van der Waals surface area contributed by atoms with E-state index in [1.54, 1.807) is 6.07 Å². The van der Waals surface area contributed by atoms with E-state index in [1.165, 1.54) is 6.07 Å². The predicted octanol–water partition coefficient (Wildman–Crippen LogP) is 2.66. The topological polar surface area (TPSA) is 58.4 Å². The van der Waals surface area contributed by atoms with Crippen molar-refractivity contribution in [1.29, 1.82) is 0 Å². The van der Waals surface area contributed by atoms with Crippen LogP contribution in [0.1, 0.15) is 19.4 Å². The van der Waals surface area contributed by atoms with Crippen molar-refractivity contribution in [2.45, 2.75) is 20.8 Å². The summed E-state index contributed by atoms with van der Waals surface area (Å²) in [5, 5.41) is 14.1. The summed E-state index contributed by atoms with van der Waals surface area (Å²) in [5.74, 6) is 0. The van der Waals surface area contributed by atoms with Gasteiger partial charge in [-0.2, -0.15) is 0 Å². The molecule has 1 N–H and O–H groups in total. The third kappa shape index (κ3) is 3.70. The molecule has 0 saturated heterocycles. The summed E-state index contributed by atoms with van der Waals surface area (Å²) in [6.07, 6.45) is 0. The van der Waals surface area contributed by atoms with Crippen LogP contribution in [0.25, 0.3) is 0 Å². The lowest BCUT2D eigenvalue weighted by molar-refractivity contribution is -0.384. The molecule has 0 aliphatic carbocycles. The Morgan fingerprint density at radius 3 is 2.56 bits per heavy atom. The molecule has 0 aliphatic heterocycles. The molecule has 0 radical (unpaired) electrons. The zero-order valence-electron chi connectivity index (χ0n) is 11.3. The molecule has 5 nitrogen and oxygen atoms in total. The molecule has 0 heterocycles. The molecule has 100 valence electrons. The van der Waals surface area contributed by atoms with E-state index in [4.69, 9.17) is 0 Å². The molecule has 0 aromatic heterocycles. The lowest BCUT2D eigenvalue weighted by Gasteiger charge is -2.18. The molecular weight excluding hydrogens is 230 g/mol. The van der Waals surface area contributed by atoms with Gasteiger partial charge in [-0.3, -0.25) is 10.1 Å². The van der Waals surface area contributed by atoms with Crippen LogP contribution in [-0.2, 0) is 0 Å². The van der Waals surface area contributed by atoms with Crippen LogP contribution in [0, 0.1) is 17.0 Å². The van der Waals surface area contributed by atoms with Gasteiger partial charge in [0.1, 0.15) is 5.69 Å². The number of para-hydroxylation sites is 1. The molecular formula is C13H21N3O2. The predicted molar refractivity (Wildman–Crippen MR) is 74.1 cm³/mol. The largest absolute Gasteiger partial charge is 0.378 e. The van der Waals surface area contributed by atoms with Crippen LogP contribution in [0.5, 0.6) is 0 Å². The van der Waals surface area contributed by atoms with Crippen LogP contribution in [-0.4, -0.2) is 36.0 Å². The molecule has 1 rings (SSSR count). The molecule has 0 bridgehead atoms. The van der Waals surface area contributed by atoms with Crippen molar-refractivity contribution in [3.63, 3.8) is 0 Å². The number of nitro benzene ring substituents is 1. The van der Waals surface area contributed by atoms with Crippen molar-refractivity contribution in [2.24, 2.45) is 0 Å². The number of nitrogens with zero attached hydrogens (tertiary/aromatic N) is 2. The van der Waals surface area contributed by atoms with Crippen LogP contribution in [0.2, 0.25) is 0 Å². The Hall–Kier alpha value is -1.62. The maximum atomic E-state index is 10.9. The number of anilines is 1. The van der Waals surface area contributed by atoms with Gasteiger partial charge in [-0.15, -0.1) is 0 Å². The highest BCUT2D eigenvalue weighted by atomic mass is 16.6. The summed E-state index contributed by atoms with van der Waals surface area (Å²) in [4.78, 5) is 12.9. The summed E-state index contributed by atoms with van der Waals surface area (Å²) in [6, 6.07) is 5.13. The summed E-state index contributed by atoms with van der Waals surface area (Å²) in [6.45, 7) is 9.69. The van der Waals surface area contributed by atoms with Crippen LogP contribution in [0.4, 0.5) is 11.4 Å². The second-order valence-electron chi connectivity index (χ2n) is 4.18. The molecule has 0 atom stereocenters. The number of aryl methyl sites for hydroxylation is 1. The van der Waals surface area contributed by atoms with Crippen molar-refractivity contribution >= 4 is 11.4 Å². The third-order valence-electron chi connectivity index (χ3n) is 3.07. The summed E-state index contributed by atoms with van der Waals surface area (Å²) >= 11 is 0. The fourth-order valence-electron chi connectivity index (χ4n) is 1.91. The smallest absolute Gasteiger partial charge is 0.292 e. The summed E-state index contributed by atoms with van der Waals surface area (Å²) in [7, 11) is 0. The first-order valence-electron chi connectivity index (χ1n) is 6.30. The normalized spacial score (nSPS) is 10.7. The molecule has 0 saturated carbocycles. The van der Waals surface area contributed by atoms with Crippen LogP contribution in [0.15, 0.2) is 18.2 Å². The highest BCUT2D eigenvalue weighted by molar-refractivity contribution is 5.65. The third-order valence-corrected chi connectivity index (χ3v) is 3.07. The lowest BCUT2D eigenvalue weighted by atomic mass is 10.1. The zero-order chi connectivity index (χ0) is 13.5. The Kier molecular flexibility index (Phi) is 5.58. The van der Waals surface area contributed by atoms with E-state index >= 15 is 0 Å². The average Bonchev–Trinajstić information content (AvgIpc) is 2.36. The van der Waals surface area contributed by atoms with Gasteiger partial charge >= 0.3 is 0 Å². The Balaban J connectivity index is 2.69. The first-order valence-corrected chi connectivity index (χ1v) is 6.30. The Morgan fingerprint density at radius 2 is 2.00 bits per heavy atom.